The normalized spacial score (nSPS) is 24.8. The molecule has 432 valence electrons. The van der Waals surface area contributed by atoms with Gasteiger partial charge in [0.25, 0.3) is 0 Å². The highest BCUT2D eigenvalue weighted by molar-refractivity contribution is 7.88. The lowest BCUT2D eigenvalue weighted by Crippen LogP contribution is -2.58. The molecule has 10 nitrogen and oxygen atoms in total. The van der Waals surface area contributed by atoms with E-state index in [9.17, 15) is 43.5 Å². The van der Waals surface area contributed by atoms with E-state index in [1.165, 1.54) is 24.3 Å². The molecule has 0 spiro atoms. The molecule has 0 saturated heterocycles. The van der Waals surface area contributed by atoms with Gasteiger partial charge in [-0.25, -0.2) is 31.3 Å². The molecule has 2 fully saturated rings. The molecule has 6 atom stereocenters. The zero-order valence-corrected chi connectivity index (χ0v) is 46.1. The molecule has 2 saturated carbocycles. The lowest BCUT2D eigenvalue weighted by Gasteiger charge is -2.52. The molecular weight excluding hydrogens is 1090 g/mol. The van der Waals surface area contributed by atoms with Gasteiger partial charge in [0, 0.05) is 34.7 Å². The Labute approximate surface area is 471 Å². The molecule has 0 unspecified atom stereocenters. The largest absolute Gasteiger partial charge is 0.417 e. The molecule has 12 rings (SSSR count). The van der Waals surface area contributed by atoms with Crippen molar-refractivity contribution in [1.82, 2.24) is 24.3 Å². The molecule has 2 aromatic heterocycles. The van der Waals surface area contributed by atoms with Crippen LogP contribution in [-0.4, -0.2) is 70.9 Å². The summed E-state index contributed by atoms with van der Waals surface area (Å²) >= 11 is 0. The van der Waals surface area contributed by atoms with Crippen LogP contribution in [0.15, 0.2) is 146 Å². The minimum absolute atomic E-state index is 0.00622. The Morgan fingerprint density at radius 1 is 0.598 bits per heavy atom. The number of nitrogens with two attached hydrogens (primary N) is 1. The number of hydrogen-bond donors (Lipinski definition) is 2. The molecule has 19 heteroatoms. The number of benzene rings is 6. The number of hydrogen-bond acceptors (Lipinski definition) is 7. The summed E-state index contributed by atoms with van der Waals surface area (Å²) in [4.78, 5) is 0. The molecule has 8 aromatic rings. The van der Waals surface area contributed by atoms with Crippen LogP contribution in [0.25, 0.3) is 33.2 Å². The third-order valence-electron chi connectivity index (χ3n) is 18.2. The van der Waals surface area contributed by atoms with Crippen LogP contribution in [0.3, 0.4) is 0 Å². The Morgan fingerprint density at radius 2 is 1.01 bits per heavy atom. The lowest BCUT2D eigenvalue weighted by molar-refractivity contribution is -0.300. The quantitative estimate of drug-likeness (QED) is 0.117. The topological polar surface area (TPSA) is 126 Å². The SMILES string of the molecule is CS(=O)(=O)NC[C@@]12CC[C@](OCc3ccccc3)(C(F)(F)F)C[C@H]1CCCc1cc3c(cnn3-c3ccc(F)cc3)cc12.NC[C@@]12CC[C@](OCc3ccccc3)(C(F)(F)F)C[C@H]1CCCc1cc3c(cnn3-c3ccc(F)cc3)cc12. The lowest BCUT2D eigenvalue weighted by atomic mass is 9.57. The van der Waals surface area contributed by atoms with Gasteiger partial charge in [0.15, 0.2) is 11.2 Å². The summed E-state index contributed by atoms with van der Waals surface area (Å²) in [6, 6.07) is 38.1. The average molecular weight is 1150 g/mol. The molecule has 0 radical (unpaired) electrons. The fourth-order valence-electron chi connectivity index (χ4n) is 13.8. The number of rotatable bonds is 12. The van der Waals surface area contributed by atoms with Crippen LogP contribution in [0, 0.1) is 23.5 Å². The van der Waals surface area contributed by atoms with Gasteiger partial charge in [-0.05, 0) is 195 Å². The van der Waals surface area contributed by atoms with Crippen LogP contribution in [0.1, 0.15) is 97.6 Å². The second-order valence-electron chi connectivity index (χ2n) is 22.9. The van der Waals surface area contributed by atoms with Gasteiger partial charge in [-0.3, -0.25) is 0 Å². The van der Waals surface area contributed by atoms with Crippen molar-refractivity contribution in [2.24, 2.45) is 17.6 Å². The van der Waals surface area contributed by atoms with E-state index in [0.717, 1.165) is 74.4 Å². The Morgan fingerprint density at radius 3 is 1.43 bits per heavy atom. The van der Waals surface area contributed by atoms with E-state index in [0.29, 0.717) is 43.4 Å². The van der Waals surface area contributed by atoms with Crippen LogP contribution in [0.2, 0.25) is 0 Å². The van der Waals surface area contributed by atoms with Gasteiger partial charge in [0.1, 0.15) is 11.6 Å². The van der Waals surface area contributed by atoms with Crippen molar-refractivity contribution in [2.45, 2.75) is 125 Å². The van der Waals surface area contributed by atoms with Crippen molar-refractivity contribution in [3.8, 4) is 11.4 Å². The first-order chi connectivity index (χ1) is 39.1. The molecule has 3 N–H and O–H groups in total. The first-order valence-electron chi connectivity index (χ1n) is 27.8. The van der Waals surface area contributed by atoms with Crippen molar-refractivity contribution in [2.75, 3.05) is 19.3 Å². The highest BCUT2D eigenvalue weighted by Gasteiger charge is 2.64. The Hall–Kier alpha value is -6.51. The number of aromatic nitrogens is 4. The van der Waals surface area contributed by atoms with Crippen molar-refractivity contribution in [1.29, 1.82) is 0 Å². The van der Waals surface area contributed by atoms with E-state index >= 15 is 0 Å². The molecule has 82 heavy (non-hydrogen) atoms. The number of nitrogens with zero attached hydrogens (tertiary/aromatic N) is 4. The third-order valence-corrected chi connectivity index (χ3v) is 18.9. The predicted octanol–water partition coefficient (Wildman–Crippen LogP) is 13.6. The monoisotopic (exact) mass is 1150 g/mol. The summed E-state index contributed by atoms with van der Waals surface area (Å²) in [5.41, 5.74) is 8.94. The van der Waals surface area contributed by atoms with Crippen LogP contribution < -0.4 is 10.5 Å². The van der Waals surface area contributed by atoms with E-state index in [1.807, 2.05) is 18.2 Å². The Bertz CT molecular complexity index is 3670. The molecule has 2 heterocycles. The number of aryl methyl sites for hydroxylation is 2. The van der Waals surface area contributed by atoms with Crippen LogP contribution >= 0.6 is 0 Å². The predicted molar refractivity (Wildman–Crippen MR) is 298 cm³/mol. The van der Waals surface area contributed by atoms with Crippen molar-refractivity contribution in [3.05, 3.63) is 191 Å². The van der Waals surface area contributed by atoms with Crippen LogP contribution in [-0.2, 0) is 56.4 Å². The number of halogens is 8. The number of nitrogens with one attached hydrogen (secondary N) is 1. The van der Waals surface area contributed by atoms with Gasteiger partial charge in [0.2, 0.25) is 10.0 Å². The molecule has 4 aliphatic rings. The van der Waals surface area contributed by atoms with Crippen molar-refractivity contribution >= 4 is 31.8 Å². The summed E-state index contributed by atoms with van der Waals surface area (Å²) in [6.07, 6.45) is -1.06. The third kappa shape index (κ3) is 11.0. The highest BCUT2D eigenvalue weighted by atomic mass is 32.2. The number of ether oxygens (including phenoxy) is 2. The van der Waals surface area contributed by atoms with Crippen molar-refractivity contribution in [3.63, 3.8) is 0 Å². The average Bonchev–Trinajstić information content (AvgIpc) is 3.29. The summed E-state index contributed by atoms with van der Waals surface area (Å²) < 4.78 is 158. The number of fused-ring (bicyclic) bond motifs is 8. The zero-order chi connectivity index (χ0) is 57.7. The zero-order valence-electron chi connectivity index (χ0n) is 45.3. The minimum Gasteiger partial charge on any atom is -0.361 e. The molecule has 0 amide bonds. The second kappa shape index (κ2) is 22.2. The van der Waals surface area contributed by atoms with Crippen LogP contribution in [0.5, 0.6) is 0 Å². The molecular formula is C63H64F8N6O4S. The van der Waals surface area contributed by atoms with E-state index in [2.05, 4.69) is 27.1 Å². The smallest absolute Gasteiger partial charge is 0.361 e. The van der Waals surface area contributed by atoms with Gasteiger partial charge < -0.3 is 15.2 Å². The summed E-state index contributed by atoms with van der Waals surface area (Å²) in [6.45, 7) is 0.0204. The maximum Gasteiger partial charge on any atom is 0.417 e. The van der Waals surface area contributed by atoms with Gasteiger partial charge in [0.05, 0.1) is 54.3 Å². The molecule has 0 bridgehead atoms. The van der Waals surface area contributed by atoms with Gasteiger partial charge in [-0.2, -0.15) is 36.5 Å². The molecule has 6 aromatic carbocycles. The van der Waals surface area contributed by atoms with E-state index in [1.54, 1.807) is 101 Å². The number of alkyl halides is 6. The first kappa shape index (κ1) is 57.3. The van der Waals surface area contributed by atoms with E-state index < -0.39 is 50.3 Å². The van der Waals surface area contributed by atoms with Crippen molar-refractivity contribution < 1.29 is 53.0 Å². The fraction of sp³-hybridized carbons (Fsp3) is 0.397. The highest BCUT2D eigenvalue weighted by Crippen LogP contribution is 2.59. The summed E-state index contributed by atoms with van der Waals surface area (Å²) in [5, 5.41) is 10.7. The molecule has 4 aliphatic carbocycles. The minimum atomic E-state index is -4.60. The van der Waals surface area contributed by atoms with Gasteiger partial charge in [-0.1, -0.05) is 60.7 Å². The molecule has 0 aliphatic heterocycles. The van der Waals surface area contributed by atoms with E-state index in [-0.39, 0.29) is 76.0 Å². The maximum atomic E-state index is 14.9. The number of sulfonamides is 1. The van der Waals surface area contributed by atoms with Gasteiger partial charge >= 0.3 is 12.4 Å². The van der Waals surface area contributed by atoms with Crippen LogP contribution in [0.4, 0.5) is 35.1 Å². The first-order valence-corrected chi connectivity index (χ1v) is 29.7. The van der Waals surface area contributed by atoms with Gasteiger partial charge in [-0.15, -0.1) is 0 Å². The fourth-order valence-corrected chi connectivity index (χ4v) is 14.4. The van der Waals surface area contributed by atoms with E-state index in [4.69, 9.17) is 15.2 Å². The Balaban J connectivity index is 0.000000173. The standard InChI is InChI=1S/C32H33F4N3O3S.C31H31F4N3O/c1-43(40,41)38-21-30-14-15-31(32(34,35)36,42-20-22-6-3-2-4-7-22)18-25(30)9-5-8-23-17-29-24(16-28(23)30)19-37-39(29)27-12-10-26(33)11-13-27;32-25-9-11-26(12-10-25)38-28-16-22-7-4-8-24-17-30(31(33,34)35,39-19-21-5-2-1-3-6-21)14-13-29(24,20-36)27(22)15-23(28)18-37-38/h2-4,6-7,10-13,16-17,19,25,38H,5,8-9,14-15,18,20-21H2,1H3;1-3,5-6,9-12,15-16,18,24H,4,7-8,13-14,17,19-20,36H2/t25-,30+,31-;24-,29+,30-/m11/s1. The second-order valence-corrected chi connectivity index (χ2v) is 24.8. The summed E-state index contributed by atoms with van der Waals surface area (Å²) in [5.74, 6) is -1.43. The summed E-state index contributed by atoms with van der Waals surface area (Å²) in [7, 11) is -3.63. The maximum absolute atomic E-state index is 14.9. The Kier molecular flexibility index (Phi) is 15.5.